The number of hydrogen-bond acceptors (Lipinski definition) is 3. The van der Waals surface area contributed by atoms with Crippen LogP contribution in [0.3, 0.4) is 0 Å². The fourth-order valence-corrected chi connectivity index (χ4v) is 2.52. The number of esters is 1. The molecule has 0 radical (unpaired) electrons. The largest absolute Gasteiger partial charge is 0.460 e. The molecular weight excluding hydrogens is 264 g/mol. The molecule has 1 aromatic rings. The minimum Gasteiger partial charge on any atom is -0.460 e. The predicted molar refractivity (Wildman–Crippen MR) is 83.8 cm³/mol. The van der Waals surface area contributed by atoms with Gasteiger partial charge in [-0.2, -0.15) is 0 Å². The normalized spacial score (nSPS) is 22.0. The molecule has 0 N–H and O–H groups in total. The van der Waals surface area contributed by atoms with Crippen LogP contribution in [0.5, 0.6) is 0 Å². The Kier molecular flexibility index (Phi) is 4.84. The maximum absolute atomic E-state index is 11.8. The van der Waals surface area contributed by atoms with Gasteiger partial charge in [-0.1, -0.05) is 36.9 Å². The van der Waals surface area contributed by atoms with Crippen LogP contribution in [0.25, 0.3) is 5.57 Å². The molecule has 3 nitrogen and oxygen atoms in total. The Labute approximate surface area is 127 Å². The molecule has 1 heterocycles. The van der Waals surface area contributed by atoms with E-state index in [1.54, 1.807) is 0 Å². The van der Waals surface area contributed by atoms with Crippen LogP contribution >= 0.6 is 0 Å². The Morgan fingerprint density at radius 3 is 2.57 bits per heavy atom. The highest BCUT2D eigenvalue weighted by Gasteiger charge is 2.30. The number of hydrogen-bond donors (Lipinski definition) is 0. The summed E-state index contributed by atoms with van der Waals surface area (Å²) in [6.07, 6.45) is 2.03. The predicted octanol–water partition coefficient (Wildman–Crippen LogP) is 3.98. The third-order valence-corrected chi connectivity index (χ3v) is 3.46. The Hall–Kier alpha value is -1.61. The summed E-state index contributed by atoms with van der Waals surface area (Å²) >= 11 is 0. The summed E-state index contributed by atoms with van der Waals surface area (Å²) in [5, 5.41) is 0. The summed E-state index contributed by atoms with van der Waals surface area (Å²) in [6, 6.07) is 10.0. The molecule has 114 valence electrons. The first-order chi connectivity index (χ1) is 9.85. The van der Waals surface area contributed by atoms with Crippen LogP contribution < -0.4 is 0 Å². The van der Waals surface area contributed by atoms with Gasteiger partial charge in [-0.05, 0) is 44.7 Å². The van der Waals surface area contributed by atoms with Gasteiger partial charge in [0.15, 0.2) is 0 Å². The lowest BCUT2D eigenvalue weighted by Gasteiger charge is -2.21. The van der Waals surface area contributed by atoms with E-state index in [0.717, 1.165) is 24.0 Å². The van der Waals surface area contributed by atoms with Gasteiger partial charge in [0, 0.05) is 0 Å². The molecule has 1 aromatic carbocycles. The number of carbonyl (C=O) groups is 1. The van der Waals surface area contributed by atoms with Crippen molar-refractivity contribution in [1.82, 2.24) is 0 Å². The summed E-state index contributed by atoms with van der Waals surface area (Å²) < 4.78 is 11.3. The summed E-state index contributed by atoms with van der Waals surface area (Å²) in [5.74, 6) is -0.196. The molecule has 0 spiro atoms. The van der Waals surface area contributed by atoms with Crippen LogP contribution in [-0.2, 0) is 14.3 Å². The van der Waals surface area contributed by atoms with E-state index in [1.165, 1.54) is 0 Å². The number of ether oxygens (including phenoxy) is 2. The monoisotopic (exact) mass is 288 g/mol. The molecule has 0 aromatic heterocycles. The van der Waals surface area contributed by atoms with Crippen LogP contribution in [-0.4, -0.2) is 23.8 Å². The lowest BCUT2D eigenvalue weighted by atomic mass is 10.00. The molecule has 1 saturated heterocycles. The number of carbonyl (C=O) groups excluding carboxylic acids is 1. The molecule has 0 amide bonds. The molecule has 0 saturated carbocycles. The summed E-state index contributed by atoms with van der Waals surface area (Å²) in [7, 11) is 0. The zero-order valence-corrected chi connectivity index (χ0v) is 13.1. The van der Waals surface area contributed by atoms with Gasteiger partial charge < -0.3 is 9.47 Å². The van der Waals surface area contributed by atoms with Crippen molar-refractivity contribution in [3.05, 3.63) is 42.5 Å². The van der Waals surface area contributed by atoms with E-state index in [0.29, 0.717) is 6.42 Å². The van der Waals surface area contributed by atoms with Crippen molar-refractivity contribution in [1.29, 1.82) is 0 Å². The quantitative estimate of drug-likeness (QED) is 0.786. The van der Waals surface area contributed by atoms with Gasteiger partial charge in [0.1, 0.15) is 5.60 Å². The van der Waals surface area contributed by atoms with Crippen LogP contribution in [0, 0.1) is 0 Å². The Morgan fingerprint density at radius 2 is 1.95 bits per heavy atom. The van der Waals surface area contributed by atoms with Crippen LogP contribution in [0.2, 0.25) is 0 Å². The second-order valence-corrected chi connectivity index (χ2v) is 6.51. The van der Waals surface area contributed by atoms with E-state index >= 15 is 0 Å². The van der Waals surface area contributed by atoms with E-state index in [1.807, 2.05) is 51.1 Å². The van der Waals surface area contributed by atoms with E-state index in [4.69, 9.17) is 9.47 Å². The number of benzene rings is 1. The van der Waals surface area contributed by atoms with Crippen LogP contribution in [0.4, 0.5) is 0 Å². The summed E-state index contributed by atoms with van der Waals surface area (Å²) in [5.41, 5.74) is 1.64. The van der Waals surface area contributed by atoms with Crippen molar-refractivity contribution >= 4 is 11.5 Å². The fourth-order valence-electron chi connectivity index (χ4n) is 2.52. The van der Waals surface area contributed by atoms with Gasteiger partial charge >= 0.3 is 5.97 Å². The first-order valence-corrected chi connectivity index (χ1v) is 7.46. The van der Waals surface area contributed by atoms with Gasteiger partial charge in [-0.3, -0.25) is 4.79 Å². The molecule has 21 heavy (non-hydrogen) atoms. The van der Waals surface area contributed by atoms with E-state index in [-0.39, 0.29) is 18.2 Å². The van der Waals surface area contributed by atoms with Crippen molar-refractivity contribution in [3.63, 3.8) is 0 Å². The maximum atomic E-state index is 11.8. The molecule has 1 fully saturated rings. The first-order valence-electron chi connectivity index (χ1n) is 7.46. The van der Waals surface area contributed by atoms with E-state index in [9.17, 15) is 4.79 Å². The van der Waals surface area contributed by atoms with Crippen LogP contribution in [0.1, 0.15) is 45.6 Å². The standard InChI is InChI=1S/C18H24O3/c1-13(14-8-6-5-7-9-14)16-11-10-15(20-16)12-17(19)21-18(2,3)4/h5-9,15-16H,1,10-12H2,2-4H3/t15-,16-/m0/s1. The van der Waals surface area contributed by atoms with Crippen molar-refractivity contribution < 1.29 is 14.3 Å². The molecule has 2 rings (SSSR count). The first kappa shape index (κ1) is 15.8. The van der Waals surface area contributed by atoms with Crippen molar-refractivity contribution in [2.45, 2.75) is 57.8 Å². The van der Waals surface area contributed by atoms with E-state index in [2.05, 4.69) is 6.58 Å². The smallest absolute Gasteiger partial charge is 0.308 e. The SMILES string of the molecule is C=C(c1ccccc1)[C@@H]1CC[C@@H](CC(=O)OC(C)(C)C)O1. The van der Waals surface area contributed by atoms with Crippen molar-refractivity contribution in [2.75, 3.05) is 0 Å². The minimum absolute atomic E-state index is 0.000151. The topological polar surface area (TPSA) is 35.5 Å². The minimum atomic E-state index is -0.442. The number of rotatable bonds is 4. The molecule has 2 atom stereocenters. The lowest BCUT2D eigenvalue weighted by Crippen LogP contribution is -2.26. The lowest BCUT2D eigenvalue weighted by molar-refractivity contribution is -0.157. The van der Waals surface area contributed by atoms with Gasteiger partial charge in [-0.15, -0.1) is 0 Å². The van der Waals surface area contributed by atoms with Gasteiger partial charge in [-0.25, -0.2) is 0 Å². The Morgan fingerprint density at radius 1 is 1.29 bits per heavy atom. The van der Waals surface area contributed by atoms with E-state index < -0.39 is 5.60 Å². The van der Waals surface area contributed by atoms with Gasteiger partial charge in [0.25, 0.3) is 0 Å². The fraction of sp³-hybridized carbons (Fsp3) is 0.500. The highest BCUT2D eigenvalue weighted by molar-refractivity contribution is 5.71. The zero-order valence-electron chi connectivity index (χ0n) is 13.1. The highest BCUT2D eigenvalue weighted by atomic mass is 16.6. The Balaban J connectivity index is 1.86. The molecule has 0 bridgehead atoms. The average molecular weight is 288 g/mol. The molecule has 3 heteroatoms. The Bertz CT molecular complexity index is 499. The molecule has 0 unspecified atom stereocenters. The second kappa shape index (κ2) is 6.44. The van der Waals surface area contributed by atoms with Gasteiger partial charge in [0.2, 0.25) is 0 Å². The zero-order chi connectivity index (χ0) is 15.5. The summed E-state index contributed by atoms with van der Waals surface area (Å²) in [6.45, 7) is 9.77. The van der Waals surface area contributed by atoms with Crippen molar-refractivity contribution in [2.24, 2.45) is 0 Å². The third-order valence-electron chi connectivity index (χ3n) is 3.46. The molecule has 1 aliphatic heterocycles. The highest BCUT2D eigenvalue weighted by Crippen LogP contribution is 2.31. The molecule has 0 aliphatic carbocycles. The van der Waals surface area contributed by atoms with Gasteiger partial charge in [0.05, 0.1) is 18.6 Å². The molecule has 1 aliphatic rings. The summed E-state index contributed by atoms with van der Waals surface area (Å²) in [4.78, 5) is 11.8. The third kappa shape index (κ3) is 4.71. The maximum Gasteiger partial charge on any atom is 0.308 e. The van der Waals surface area contributed by atoms with Crippen molar-refractivity contribution in [3.8, 4) is 0 Å². The average Bonchev–Trinajstić information content (AvgIpc) is 2.85. The van der Waals surface area contributed by atoms with Crippen LogP contribution in [0.15, 0.2) is 36.9 Å². The molecular formula is C18H24O3. The second-order valence-electron chi connectivity index (χ2n) is 6.51.